The second-order valence-corrected chi connectivity index (χ2v) is 11.4. The van der Waals surface area contributed by atoms with Crippen LogP contribution in [0.5, 0.6) is 5.75 Å². The van der Waals surface area contributed by atoms with Gasteiger partial charge in [-0.25, -0.2) is 13.4 Å². The number of aromatic nitrogens is 1. The van der Waals surface area contributed by atoms with Crippen molar-refractivity contribution in [3.63, 3.8) is 0 Å². The van der Waals surface area contributed by atoms with E-state index in [2.05, 4.69) is 33.9 Å². The van der Waals surface area contributed by atoms with Gasteiger partial charge in [0.2, 0.25) is 10.0 Å². The second-order valence-electron chi connectivity index (χ2n) is 9.55. The average molecular weight is 520 g/mol. The van der Waals surface area contributed by atoms with Crippen LogP contribution in [0.2, 0.25) is 0 Å². The highest BCUT2D eigenvalue weighted by Crippen LogP contribution is 2.34. The van der Waals surface area contributed by atoms with Crippen molar-refractivity contribution >= 4 is 10.0 Å². The smallest absolute Gasteiger partial charge is 0.247 e. The topological polar surface area (TPSA) is 83.0 Å². The van der Waals surface area contributed by atoms with Gasteiger partial charge >= 0.3 is 0 Å². The van der Waals surface area contributed by atoms with Crippen LogP contribution in [-0.2, 0) is 16.6 Å². The third-order valence-electron chi connectivity index (χ3n) is 6.45. The zero-order chi connectivity index (χ0) is 26.4. The Morgan fingerprint density at radius 1 is 1.14 bits per heavy atom. The lowest BCUT2D eigenvalue weighted by atomic mass is 10.0. The molecule has 4 rings (SSSR count). The van der Waals surface area contributed by atoms with Crippen LogP contribution in [0.3, 0.4) is 0 Å². The molecule has 0 saturated carbocycles. The van der Waals surface area contributed by atoms with Crippen LogP contribution < -0.4 is 4.74 Å². The number of aliphatic hydroxyl groups excluding tert-OH is 1. The molecule has 0 saturated heterocycles. The summed E-state index contributed by atoms with van der Waals surface area (Å²) in [5.41, 5.74) is 2.44. The van der Waals surface area contributed by atoms with E-state index in [9.17, 15) is 13.5 Å². The first kappa shape index (κ1) is 26.8. The fourth-order valence-corrected chi connectivity index (χ4v) is 6.19. The molecule has 37 heavy (non-hydrogen) atoms. The minimum Gasteiger partial charge on any atom is -0.487 e. The van der Waals surface area contributed by atoms with E-state index in [1.807, 2.05) is 50.4 Å². The number of hydrogen-bond acceptors (Lipinski definition) is 6. The van der Waals surface area contributed by atoms with Crippen LogP contribution in [-0.4, -0.2) is 66.6 Å². The maximum absolute atomic E-state index is 13.7. The molecule has 8 heteroatoms. The van der Waals surface area contributed by atoms with Crippen molar-refractivity contribution in [1.82, 2.24) is 14.2 Å². The van der Waals surface area contributed by atoms with Gasteiger partial charge < -0.3 is 9.84 Å². The molecule has 1 aliphatic rings. The van der Waals surface area contributed by atoms with Crippen molar-refractivity contribution in [2.45, 2.75) is 37.4 Å². The van der Waals surface area contributed by atoms with Gasteiger partial charge in [-0.15, -0.1) is 0 Å². The van der Waals surface area contributed by atoms with Gasteiger partial charge in [0.05, 0.1) is 6.61 Å². The molecule has 0 fully saturated rings. The molecular weight excluding hydrogens is 486 g/mol. The van der Waals surface area contributed by atoms with Gasteiger partial charge in [-0.05, 0) is 55.8 Å². The summed E-state index contributed by atoms with van der Waals surface area (Å²) in [6.45, 7) is 5.02. The molecule has 0 radical (unpaired) electrons. The Balaban J connectivity index is 1.69. The van der Waals surface area contributed by atoms with Gasteiger partial charge in [-0.2, -0.15) is 4.31 Å². The number of hydrogen-bond donors (Lipinski definition) is 1. The molecule has 0 unspecified atom stereocenters. The zero-order valence-corrected chi connectivity index (χ0v) is 22.2. The van der Waals surface area contributed by atoms with Crippen molar-refractivity contribution in [2.75, 3.05) is 26.7 Å². The van der Waals surface area contributed by atoms with Crippen LogP contribution in [0.15, 0.2) is 77.8 Å². The molecule has 0 amide bonds. The molecule has 0 bridgehead atoms. The second kappa shape index (κ2) is 11.9. The molecule has 1 aromatic heterocycles. The van der Waals surface area contributed by atoms with Gasteiger partial charge in [-0.1, -0.05) is 49.2 Å². The highest BCUT2D eigenvalue weighted by molar-refractivity contribution is 7.89. The number of nitrogens with zero attached hydrogens (tertiary/aromatic N) is 3. The number of ether oxygens (including phenoxy) is 1. The van der Waals surface area contributed by atoms with Crippen molar-refractivity contribution in [1.29, 1.82) is 0 Å². The average Bonchev–Trinajstić information content (AvgIpc) is 2.90. The van der Waals surface area contributed by atoms with E-state index in [0.29, 0.717) is 17.8 Å². The summed E-state index contributed by atoms with van der Waals surface area (Å²) in [6.07, 6.45) is 1.39. The molecule has 0 spiro atoms. The van der Waals surface area contributed by atoms with Gasteiger partial charge in [-0.3, -0.25) is 4.90 Å². The number of rotatable bonds is 6. The zero-order valence-electron chi connectivity index (χ0n) is 21.4. The van der Waals surface area contributed by atoms with Gasteiger partial charge in [0.15, 0.2) is 0 Å². The SMILES string of the molecule is C[C@H]1CN([C@@H](C)CO)S(=O)(=O)c2ccc(C#Cc3ccccn3)cc2O[C@@H]1CN(C)Cc1ccccc1. The van der Waals surface area contributed by atoms with Crippen molar-refractivity contribution in [3.8, 4) is 17.6 Å². The molecule has 1 aliphatic heterocycles. The standard InChI is InChI=1S/C29H33N3O4S/c1-22-18-32(23(2)21-33)37(34,35)29-15-13-24(12-14-26-11-7-8-16-30-26)17-27(29)36-28(22)20-31(3)19-25-9-5-4-6-10-25/h4-11,13,15-17,22-23,28,33H,18-21H2,1-3H3/t22-,23-,28+/m0/s1. The highest BCUT2D eigenvalue weighted by atomic mass is 32.2. The third-order valence-corrected chi connectivity index (χ3v) is 8.47. The Hall–Kier alpha value is -3.22. The summed E-state index contributed by atoms with van der Waals surface area (Å²) < 4.78 is 35.2. The van der Waals surface area contributed by atoms with E-state index < -0.39 is 16.1 Å². The van der Waals surface area contributed by atoms with Crippen LogP contribution in [0.25, 0.3) is 0 Å². The van der Waals surface area contributed by atoms with Gasteiger partial charge in [0.25, 0.3) is 0 Å². The number of aliphatic hydroxyl groups is 1. The Labute approximate surface area is 219 Å². The summed E-state index contributed by atoms with van der Waals surface area (Å²) in [5.74, 6) is 6.23. The molecule has 3 atom stereocenters. The lowest BCUT2D eigenvalue weighted by Crippen LogP contribution is -2.49. The molecule has 3 aromatic rings. The Kier molecular flexibility index (Phi) is 8.62. The van der Waals surface area contributed by atoms with E-state index in [4.69, 9.17) is 4.74 Å². The largest absolute Gasteiger partial charge is 0.487 e. The summed E-state index contributed by atoms with van der Waals surface area (Å²) in [7, 11) is -1.87. The molecule has 194 valence electrons. The highest BCUT2D eigenvalue weighted by Gasteiger charge is 2.38. The predicted octanol–water partition coefficient (Wildman–Crippen LogP) is 3.38. The molecule has 7 nitrogen and oxygen atoms in total. The van der Waals surface area contributed by atoms with Crippen molar-refractivity contribution in [2.24, 2.45) is 5.92 Å². The van der Waals surface area contributed by atoms with Crippen molar-refractivity contribution < 1.29 is 18.3 Å². The minimum absolute atomic E-state index is 0.0822. The molecule has 2 heterocycles. The van der Waals surface area contributed by atoms with Gasteiger partial charge in [0.1, 0.15) is 22.4 Å². The normalized spacial score (nSPS) is 20.0. The lowest BCUT2D eigenvalue weighted by Gasteiger charge is -2.37. The van der Waals surface area contributed by atoms with E-state index in [0.717, 1.165) is 6.54 Å². The molecule has 0 aliphatic carbocycles. The number of fused-ring (bicyclic) bond motifs is 1. The maximum Gasteiger partial charge on any atom is 0.247 e. The monoisotopic (exact) mass is 519 g/mol. The van der Waals surface area contributed by atoms with Crippen LogP contribution in [0.1, 0.15) is 30.7 Å². The molecular formula is C29H33N3O4S. The van der Waals surface area contributed by atoms with E-state index in [1.54, 1.807) is 31.3 Å². The Morgan fingerprint density at radius 3 is 2.59 bits per heavy atom. The first-order chi connectivity index (χ1) is 17.8. The molecule has 1 N–H and O–H groups in total. The summed E-state index contributed by atoms with van der Waals surface area (Å²) >= 11 is 0. The fourth-order valence-electron chi connectivity index (χ4n) is 4.36. The third kappa shape index (κ3) is 6.56. The van der Waals surface area contributed by atoms with Crippen LogP contribution >= 0.6 is 0 Å². The lowest BCUT2D eigenvalue weighted by molar-refractivity contribution is 0.0733. The summed E-state index contributed by atoms with van der Waals surface area (Å²) in [5, 5.41) is 9.84. The van der Waals surface area contributed by atoms with E-state index in [-0.39, 0.29) is 35.8 Å². The minimum atomic E-state index is -3.90. The van der Waals surface area contributed by atoms with Crippen LogP contribution in [0, 0.1) is 17.8 Å². The number of likely N-dealkylation sites (N-methyl/N-ethyl adjacent to an activating group) is 1. The quantitative estimate of drug-likeness (QED) is 0.503. The fraction of sp³-hybridized carbons (Fsp3) is 0.345. The summed E-state index contributed by atoms with van der Waals surface area (Å²) in [4.78, 5) is 6.48. The van der Waals surface area contributed by atoms with Gasteiger partial charge in [0, 0.05) is 43.4 Å². The number of sulfonamides is 1. The van der Waals surface area contributed by atoms with Crippen molar-refractivity contribution in [3.05, 3.63) is 89.7 Å². The Morgan fingerprint density at radius 2 is 1.89 bits per heavy atom. The van der Waals surface area contributed by atoms with Crippen LogP contribution in [0.4, 0.5) is 0 Å². The first-order valence-corrected chi connectivity index (χ1v) is 13.8. The van der Waals surface area contributed by atoms with E-state index in [1.165, 1.54) is 9.87 Å². The summed E-state index contributed by atoms with van der Waals surface area (Å²) in [6, 6.07) is 20.0. The molecule has 2 aromatic carbocycles. The predicted molar refractivity (Wildman–Crippen MR) is 143 cm³/mol. The first-order valence-electron chi connectivity index (χ1n) is 12.4. The number of pyridine rings is 1. The number of benzene rings is 2. The maximum atomic E-state index is 13.7. The van der Waals surface area contributed by atoms with E-state index >= 15 is 0 Å². The Bertz CT molecular complexity index is 1350.